The van der Waals surface area contributed by atoms with Crippen LogP contribution in [0.5, 0.6) is 0 Å². The van der Waals surface area contributed by atoms with Crippen molar-refractivity contribution in [3.05, 3.63) is 0 Å². The molecule has 0 aromatic heterocycles. The van der Waals surface area contributed by atoms with Crippen molar-refractivity contribution in [3.63, 3.8) is 0 Å². The molecule has 0 bridgehead atoms. The van der Waals surface area contributed by atoms with Crippen molar-refractivity contribution in [3.8, 4) is 0 Å². The summed E-state index contributed by atoms with van der Waals surface area (Å²) in [5.41, 5.74) is 5.56. The zero-order chi connectivity index (χ0) is 14.5. The molecule has 1 amide bonds. The molecule has 1 atom stereocenters. The van der Waals surface area contributed by atoms with Crippen molar-refractivity contribution < 1.29 is 4.79 Å². The van der Waals surface area contributed by atoms with Crippen molar-refractivity contribution in [2.45, 2.75) is 52.9 Å². The van der Waals surface area contributed by atoms with E-state index >= 15 is 0 Å². The molecule has 0 saturated heterocycles. The summed E-state index contributed by atoms with van der Waals surface area (Å²) in [6, 6.07) is 0. The summed E-state index contributed by atoms with van der Waals surface area (Å²) in [7, 11) is 0. The number of carbonyl (C=O) groups is 1. The van der Waals surface area contributed by atoms with E-state index in [0.717, 1.165) is 58.4 Å². The van der Waals surface area contributed by atoms with Gasteiger partial charge in [-0.15, -0.1) is 0 Å². The van der Waals surface area contributed by atoms with Crippen LogP contribution in [0, 0.1) is 5.92 Å². The molecule has 19 heavy (non-hydrogen) atoms. The van der Waals surface area contributed by atoms with Gasteiger partial charge in [0.1, 0.15) is 0 Å². The third-order valence-electron chi connectivity index (χ3n) is 3.80. The Morgan fingerprint density at radius 3 is 2.42 bits per heavy atom. The molecule has 114 valence electrons. The first-order valence-corrected chi connectivity index (χ1v) is 7.86. The predicted octanol–water partition coefficient (Wildman–Crippen LogP) is 1.99. The normalized spacial score (nSPS) is 12.7. The molecule has 0 rings (SSSR count). The number of nitrogens with zero attached hydrogens (tertiary/aromatic N) is 1. The first-order chi connectivity index (χ1) is 9.17. The first-order valence-electron chi connectivity index (χ1n) is 7.86. The van der Waals surface area contributed by atoms with Crippen LogP contribution < -0.4 is 11.1 Å². The highest BCUT2D eigenvalue weighted by atomic mass is 16.1. The molecule has 4 heteroatoms. The molecule has 0 aromatic carbocycles. The maximum absolute atomic E-state index is 11.7. The van der Waals surface area contributed by atoms with E-state index in [4.69, 9.17) is 5.73 Å². The quantitative estimate of drug-likeness (QED) is 0.534. The van der Waals surface area contributed by atoms with E-state index in [0.29, 0.717) is 12.3 Å². The molecule has 0 aromatic rings. The average Bonchev–Trinajstić information content (AvgIpc) is 2.43. The van der Waals surface area contributed by atoms with Crippen molar-refractivity contribution in [1.29, 1.82) is 0 Å². The number of hydrogen-bond donors (Lipinski definition) is 2. The number of rotatable bonds is 12. The number of nitrogens with two attached hydrogens (primary N) is 1. The van der Waals surface area contributed by atoms with E-state index < -0.39 is 0 Å². The second kappa shape index (κ2) is 12.4. The molecule has 0 aliphatic rings. The van der Waals surface area contributed by atoms with Gasteiger partial charge >= 0.3 is 0 Å². The fourth-order valence-electron chi connectivity index (χ4n) is 2.28. The molecule has 0 saturated carbocycles. The van der Waals surface area contributed by atoms with Crippen LogP contribution in [0.4, 0.5) is 0 Å². The molecular weight excluding hydrogens is 238 g/mol. The summed E-state index contributed by atoms with van der Waals surface area (Å²) < 4.78 is 0. The summed E-state index contributed by atoms with van der Waals surface area (Å²) in [6.07, 6.45) is 4.80. The van der Waals surface area contributed by atoms with Gasteiger partial charge in [-0.05, 0) is 51.4 Å². The van der Waals surface area contributed by atoms with E-state index in [9.17, 15) is 4.79 Å². The maximum atomic E-state index is 11.7. The Kier molecular flexibility index (Phi) is 12.0. The highest BCUT2D eigenvalue weighted by molar-refractivity contribution is 5.75. The molecule has 0 aliphatic carbocycles. The van der Waals surface area contributed by atoms with Crippen LogP contribution in [-0.4, -0.2) is 43.5 Å². The van der Waals surface area contributed by atoms with Gasteiger partial charge in [0.15, 0.2) is 0 Å². The lowest BCUT2D eigenvalue weighted by Crippen LogP contribution is -2.30. The number of amides is 1. The zero-order valence-electron chi connectivity index (χ0n) is 13.1. The Morgan fingerprint density at radius 2 is 1.89 bits per heavy atom. The highest BCUT2D eigenvalue weighted by Crippen LogP contribution is 2.14. The van der Waals surface area contributed by atoms with Crippen LogP contribution >= 0.6 is 0 Å². The molecular formula is C15H33N3O. The molecule has 0 spiro atoms. The highest BCUT2D eigenvalue weighted by Gasteiger charge is 2.08. The fraction of sp³-hybridized carbons (Fsp3) is 0.933. The number of hydrogen-bond acceptors (Lipinski definition) is 3. The molecule has 0 fully saturated rings. The van der Waals surface area contributed by atoms with Crippen LogP contribution in [0.15, 0.2) is 0 Å². The van der Waals surface area contributed by atoms with Crippen molar-refractivity contribution in [2.75, 3.05) is 32.7 Å². The van der Waals surface area contributed by atoms with Crippen molar-refractivity contribution in [2.24, 2.45) is 11.7 Å². The van der Waals surface area contributed by atoms with E-state index in [2.05, 4.69) is 31.0 Å². The van der Waals surface area contributed by atoms with Crippen LogP contribution in [0.1, 0.15) is 52.9 Å². The van der Waals surface area contributed by atoms with E-state index in [1.807, 2.05) is 0 Å². The Labute approximate surface area is 119 Å². The van der Waals surface area contributed by atoms with Gasteiger partial charge in [0.2, 0.25) is 5.91 Å². The first kappa shape index (κ1) is 18.4. The summed E-state index contributed by atoms with van der Waals surface area (Å²) in [5, 5.41) is 3.01. The summed E-state index contributed by atoms with van der Waals surface area (Å²) in [6.45, 7) is 11.3. The summed E-state index contributed by atoms with van der Waals surface area (Å²) in [4.78, 5) is 14.1. The van der Waals surface area contributed by atoms with Crippen molar-refractivity contribution >= 4 is 5.91 Å². The Morgan fingerprint density at radius 1 is 1.21 bits per heavy atom. The molecule has 0 radical (unpaired) electrons. The van der Waals surface area contributed by atoms with Gasteiger partial charge in [-0.25, -0.2) is 0 Å². The maximum Gasteiger partial charge on any atom is 0.220 e. The third kappa shape index (κ3) is 9.91. The van der Waals surface area contributed by atoms with Gasteiger partial charge in [-0.1, -0.05) is 27.2 Å². The molecule has 3 N–H and O–H groups in total. The summed E-state index contributed by atoms with van der Waals surface area (Å²) in [5.74, 6) is 0.793. The van der Waals surface area contributed by atoms with Gasteiger partial charge < -0.3 is 16.0 Å². The molecule has 0 heterocycles. The van der Waals surface area contributed by atoms with Gasteiger partial charge in [-0.3, -0.25) is 4.79 Å². The topological polar surface area (TPSA) is 58.4 Å². The van der Waals surface area contributed by atoms with Gasteiger partial charge in [0.05, 0.1) is 0 Å². The predicted molar refractivity (Wildman–Crippen MR) is 82.1 cm³/mol. The second-order valence-corrected chi connectivity index (χ2v) is 5.12. The van der Waals surface area contributed by atoms with Crippen LogP contribution in [0.25, 0.3) is 0 Å². The Balaban J connectivity index is 3.58. The van der Waals surface area contributed by atoms with Gasteiger partial charge in [0.25, 0.3) is 0 Å². The van der Waals surface area contributed by atoms with E-state index in [-0.39, 0.29) is 5.91 Å². The largest absolute Gasteiger partial charge is 0.356 e. The lowest BCUT2D eigenvalue weighted by Gasteiger charge is -2.18. The minimum Gasteiger partial charge on any atom is -0.356 e. The smallest absolute Gasteiger partial charge is 0.220 e. The Hall–Kier alpha value is -0.610. The molecule has 0 aliphatic heterocycles. The minimum atomic E-state index is 0.190. The number of carbonyl (C=O) groups excluding carboxylic acids is 1. The zero-order valence-corrected chi connectivity index (χ0v) is 13.1. The minimum absolute atomic E-state index is 0.190. The van der Waals surface area contributed by atoms with Crippen molar-refractivity contribution in [1.82, 2.24) is 10.2 Å². The fourth-order valence-corrected chi connectivity index (χ4v) is 2.28. The summed E-state index contributed by atoms with van der Waals surface area (Å²) >= 11 is 0. The van der Waals surface area contributed by atoms with Gasteiger partial charge in [-0.2, -0.15) is 0 Å². The molecule has 1 unspecified atom stereocenters. The monoisotopic (exact) mass is 271 g/mol. The second-order valence-electron chi connectivity index (χ2n) is 5.12. The van der Waals surface area contributed by atoms with Gasteiger partial charge in [0, 0.05) is 13.0 Å². The van der Waals surface area contributed by atoms with E-state index in [1.165, 1.54) is 0 Å². The SMILES string of the molecule is CCC(CCN)CCC(=O)NCCCN(CC)CC. The van der Waals surface area contributed by atoms with E-state index in [1.54, 1.807) is 0 Å². The van der Waals surface area contributed by atoms with Crippen LogP contribution in [-0.2, 0) is 4.79 Å². The third-order valence-corrected chi connectivity index (χ3v) is 3.80. The lowest BCUT2D eigenvalue weighted by molar-refractivity contribution is -0.121. The molecule has 4 nitrogen and oxygen atoms in total. The lowest BCUT2D eigenvalue weighted by atomic mass is 9.96. The van der Waals surface area contributed by atoms with Crippen LogP contribution in [0.2, 0.25) is 0 Å². The average molecular weight is 271 g/mol. The Bertz CT molecular complexity index is 217. The standard InChI is InChI=1S/C15H33N3O/c1-4-14(10-11-16)8-9-15(19)17-12-7-13-18(5-2)6-3/h14H,4-13,16H2,1-3H3,(H,17,19). The van der Waals surface area contributed by atoms with Crippen LogP contribution in [0.3, 0.4) is 0 Å². The number of nitrogens with one attached hydrogen (secondary N) is 1.